The molecule has 0 spiro atoms. The van der Waals surface area contributed by atoms with Gasteiger partial charge in [0.05, 0.1) is 12.6 Å². The molecule has 0 aliphatic heterocycles. The summed E-state index contributed by atoms with van der Waals surface area (Å²) in [6, 6.07) is 7.74. The van der Waals surface area contributed by atoms with E-state index in [1.54, 1.807) is 0 Å². The Morgan fingerprint density at radius 1 is 1.35 bits per heavy atom. The smallest absolute Gasteiger partial charge is 0.220 e. The lowest BCUT2D eigenvalue weighted by atomic mass is 9.88. The fraction of sp³-hybridized carbons (Fsp3) is 0.562. The molecule has 0 aliphatic rings. The molecule has 0 saturated carbocycles. The van der Waals surface area contributed by atoms with Crippen LogP contribution in [0, 0.1) is 5.41 Å². The van der Waals surface area contributed by atoms with E-state index in [0.29, 0.717) is 12.8 Å². The molecule has 0 aliphatic carbocycles. The van der Waals surface area contributed by atoms with E-state index in [9.17, 15) is 9.90 Å². The van der Waals surface area contributed by atoms with Gasteiger partial charge in [-0.25, -0.2) is 0 Å². The highest BCUT2D eigenvalue weighted by atomic mass is 79.9. The summed E-state index contributed by atoms with van der Waals surface area (Å²) in [5.74, 6) is -0.0101. The minimum absolute atomic E-state index is 0.0101. The van der Waals surface area contributed by atoms with Crippen molar-refractivity contribution in [2.24, 2.45) is 5.41 Å². The van der Waals surface area contributed by atoms with Crippen molar-refractivity contribution in [1.82, 2.24) is 5.32 Å². The van der Waals surface area contributed by atoms with Gasteiger partial charge >= 0.3 is 0 Å². The van der Waals surface area contributed by atoms with E-state index in [-0.39, 0.29) is 24.0 Å². The second kappa shape index (κ2) is 7.79. The van der Waals surface area contributed by atoms with Crippen LogP contribution in [0.15, 0.2) is 28.7 Å². The van der Waals surface area contributed by atoms with Crippen LogP contribution >= 0.6 is 15.9 Å². The third kappa shape index (κ3) is 6.53. The maximum absolute atomic E-state index is 11.9. The molecule has 0 bridgehead atoms. The summed E-state index contributed by atoms with van der Waals surface area (Å²) in [7, 11) is 0. The molecular weight excluding hydrogens is 318 g/mol. The first-order chi connectivity index (χ1) is 9.31. The quantitative estimate of drug-likeness (QED) is 0.833. The average Bonchev–Trinajstić information content (AvgIpc) is 2.35. The number of hydrogen-bond acceptors (Lipinski definition) is 2. The van der Waals surface area contributed by atoms with Gasteiger partial charge in [-0.15, -0.1) is 0 Å². The second-order valence-electron chi connectivity index (χ2n) is 6.30. The van der Waals surface area contributed by atoms with E-state index in [4.69, 9.17) is 0 Å². The molecule has 0 saturated heterocycles. The standard InChI is InChI=1S/C16H24BrNO2/c1-16(2,3)10-13(11-19)18-15(20)9-8-12-6-4-5-7-14(12)17/h4-7,13,19H,8-11H2,1-3H3,(H,18,20)/t13-/m0/s1. The van der Waals surface area contributed by atoms with Gasteiger partial charge in [-0.05, 0) is 29.9 Å². The minimum Gasteiger partial charge on any atom is -0.394 e. The fourth-order valence-corrected chi connectivity index (χ4v) is 2.63. The largest absolute Gasteiger partial charge is 0.394 e. The molecule has 1 amide bonds. The molecule has 20 heavy (non-hydrogen) atoms. The van der Waals surface area contributed by atoms with Crippen molar-refractivity contribution in [3.05, 3.63) is 34.3 Å². The zero-order valence-corrected chi connectivity index (χ0v) is 14.0. The molecule has 0 unspecified atom stereocenters. The molecular formula is C16H24BrNO2. The van der Waals surface area contributed by atoms with E-state index in [1.807, 2.05) is 24.3 Å². The van der Waals surface area contributed by atoms with Crippen LogP contribution in [-0.2, 0) is 11.2 Å². The summed E-state index contributed by atoms with van der Waals surface area (Å²) >= 11 is 3.48. The summed E-state index contributed by atoms with van der Waals surface area (Å²) in [6.07, 6.45) is 1.90. The van der Waals surface area contributed by atoms with Crippen molar-refractivity contribution in [3.63, 3.8) is 0 Å². The third-order valence-corrected chi connectivity index (χ3v) is 3.80. The van der Waals surface area contributed by atoms with Crippen LogP contribution in [-0.4, -0.2) is 23.7 Å². The molecule has 1 aromatic carbocycles. The van der Waals surface area contributed by atoms with Crippen molar-refractivity contribution >= 4 is 21.8 Å². The van der Waals surface area contributed by atoms with Gasteiger partial charge < -0.3 is 10.4 Å². The number of benzene rings is 1. The topological polar surface area (TPSA) is 49.3 Å². The van der Waals surface area contributed by atoms with Gasteiger partial charge in [-0.1, -0.05) is 54.9 Å². The Bertz CT molecular complexity index is 440. The van der Waals surface area contributed by atoms with Crippen molar-refractivity contribution in [2.45, 2.75) is 46.1 Å². The normalized spacial score (nSPS) is 13.1. The van der Waals surface area contributed by atoms with Gasteiger partial charge in [-0.2, -0.15) is 0 Å². The molecule has 0 fully saturated rings. The number of amides is 1. The zero-order valence-electron chi connectivity index (χ0n) is 12.4. The van der Waals surface area contributed by atoms with Crippen LogP contribution in [0.3, 0.4) is 0 Å². The van der Waals surface area contributed by atoms with Crippen molar-refractivity contribution in [3.8, 4) is 0 Å². The Kier molecular flexibility index (Phi) is 6.69. The summed E-state index contributed by atoms with van der Waals surface area (Å²) in [5.41, 5.74) is 1.21. The number of carbonyl (C=O) groups excluding carboxylic acids is 1. The number of rotatable bonds is 6. The first-order valence-electron chi connectivity index (χ1n) is 6.95. The Balaban J connectivity index is 2.45. The Hall–Kier alpha value is -0.870. The number of carbonyl (C=O) groups is 1. The highest BCUT2D eigenvalue weighted by Crippen LogP contribution is 2.21. The molecule has 0 aromatic heterocycles. The van der Waals surface area contributed by atoms with Crippen molar-refractivity contribution < 1.29 is 9.90 Å². The van der Waals surface area contributed by atoms with Gasteiger partial charge in [0.25, 0.3) is 0 Å². The monoisotopic (exact) mass is 341 g/mol. The van der Waals surface area contributed by atoms with Crippen molar-refractivity contribution in [2.75, 3.05) is 6.61 Å². The Labute approximate surface area is 129 Å². The van der Waals surface area contributed by atoms with Crippen LogP contribution in [0.25, 0.3) is 0 Å². The first-order valence-corrected chi connectivity index (χ1v) is 7.75. The first kappa shape index (κ1) is 17.2. The maximum atomic E-state index is 11.9. The Morgan fingerprint density at radius 3 is 2.55 bits per heavy atom. The summed E-state index contributed by atoms with van der Waals surface area (Å²) in [4.78, 5) is 11.9. The molecule has 1 atom stereocenters. The second-order valence-corrected chi connectivity index (χ2v) is 7.16. The summed E-state index contributed by atoms with van der Waals surface area (Å²) in [6.45, 7) is 6.28. The van der Waals surface area contributed by atoms with Gasteiger partial charge in [0.15, 0.2) is 0 Å². The number of aliphatic hydroxyl groups excluding tert-OH is 1. The van der Waals surface area contributed by atoms with E-state index < -0.39 is 0 Å². The summed E-state index contributed by atoms with van der Waals surface area (Å²) in [5, 5.41) is 12.3. The predicted octanol–water partition coefficient (Wildman–Crippen LogP) is 3.30. The lowest BCUT2D eigenvalue weighted by Crippen LogP contribution is -2.40. The average molecular weight is 342 g/mol. The number of aliphatic hydroxyl groups is 1. The zero-order chi connectivity index (χ0) is 15.2. The molecule has 112 valence electrons. The van der Waals surface area contributed by atoms with Crippen LogP contribution in [0.2, 0.25) is 0 Å². The van der Waals surface area contributed by atoms with E-state index in [2.05, 4.69) is 42.0 Å². The summed E-state index contributed by atoms with van der Waals surface area (Å²) < 4.78 is 1.03. The van der Waals surface area contributed by atoms with Gasteiger partial charge in [0.2, 0.25) is 5.91 Å². The highest BCUT2D eigenvalue weighted by Gasteiger charge is 2.19. The van der Waals surface area contributed by atoms with Gasteiger partial charge in [-0.3, -0.25) is 4.79 Å². The predicted molar refractivity (Wildman–Crippen MR) is 85.6 cm³/mol. The lowest BCUT2D eigenvalue weighted by molar-refractivity contribution is -0.122. The number of halogens is 1. The van der Waals surface area contributed by atoms with Crippen LogP contribution in [0.1, 0.15) is 39.2 Å². The number of nitrogens with one attached hydrogen (secondary N) is 1. The lowest BCUT2D eigenvalue weighted by Gasteiger charge is -2.25. The highest BCUT2D eigenvalue weighted by molar-refractivity contribution is 9.10. The minimum atomic E-state index is -0.165. The molecule has 4 heteroatoms. The van der Waals surface area contributed by atoms with E-state index >= 15 is 0 Å². The molecule has 1 aromatic rings. The molecule has 2 N–H and O–H groups in total. The van der Waals surface area contributed by atoms with Crippen LogP contribution < -0.4 is 5.32 Å². The Morgan fingerprint density at radius 2 is 2.00 bits per heavy atom. The molecule has 0 heterocycles. The van der Waals surface area contributed by atoms with Gasteiger partial charge in [0, 0.05) is 10.9 Å². The third-order valence-electron chi connectivity index (χ3n) is 3.02. The number of aryl methyl sites for hydroxylation is 1. The molecule has 3 nitrogen and oxygen atoms in total. The maximum Gasteiger partial charge on any atom is 0.220 e. The SMILES string of the molecule is CC(C)(C)C[C@@H](CO)NC(=O)CCc1ccccc1Br. The van der Waals surface area contributed by atoms with E-state index in [1.165, 1.54) is 0 Å². The van der Waals surface area contributed by atoms with Crippen LogP contribution in [0.5, 0.6) is 0 Å². The van der Waals surface area contributed by atoms with Crippen LogP contribution in [0.4, 0.5) is 0 Å². The van der Waals surface area contributed by atoms with E-state index in [0.717, 1.165) is 16.5 Å². The number of hydrogen-bond donors (Lipinski definition) is 2. The molecule has 1 rings (SSSR count). The molecule has 0 radical (unpaired) electrons. The van der Waals surface area contributed by atoms with Crippen molar-refractivity contribution in [1.29, 1.82) is 0 Å². The fourth-order valence-electron chi connectivity index (χ4n) is 2.15. The van der Waals surface area contributed by atoms with Gasteiger partial charge in [0.1, 0.15) is 0 Å².